The molecule has 1 atom stereocenters. The van der Waals surface area contributed by atoms with E-state index in [1.54, 1.807) is 12.3 Å². The highest BCUT2D eigenvalue weighted by atomic mass is 16.4. The maximum Gasteiger partial charge on any atom is 0.326 e. The fourth-order valence-corrected chi connectivity index (χ4v) is 1.87. The predicted octanol–water partition coefficient (Wildman–Crippen LogP) is 0.549. The molecule has 2 heterocycles. The first kappa shape index (κ1) is 14.7. The molecule has 1 amide bonds. The Balaban J connectivity index is 1.85. The van der Waals surface area contributed by atoms with Gasteiger partial charge < -0.3 is 15.4 Å². The first-order valence-electron chi connectivity index (χ1n) is 6.54. The average Bonchev–Trinajstić information content (AvgIpc) is 2.98. The van der Waals surface area contributed by atoms with Crippen LogP contribution in [0.5, 0.6) is 0 Å². The molecule has 7 heteroatoms. The summed E-state index contributed by atoms with van der Waals surface area (Å²) in [5.74, 6) is -1.39. The molecule has 0 saturated heterocycles. The van der Waals surface area contributed by atoms with Crippen LogP contribution in [-0.2, 0) is 22.4 Å². The third-order valence-corrected chi connectivity index (χ3v) is 2.95. The lowest BCUT2D eigenvalue weighted by Crippen LogP contribution is -2.42. The number of pyridine rings is 1. The van der Waals surface area contributed by atoms with Crippen LogP contribution in [-0.4, -0.2) is 38.0 Å². The monoisotopic (exact) mass is 288 g/mol. The van der Waals surface area contributed by atoms with Crippen molar-refractivity contribution in [3.63, 3.8) is 0 Å². The number of rotatable bonds is 7. The minimum absolute atomic E-state index is 0.171. The van der Waals surface area contributed by atoms with Gasteiger partial charge in [0.2, 0.25) is 5.91 Å². The molecule has 0 aliphatic heterocycles. The quantitative estimate of drug-likeness (QED) is 0.689. The summed E-state index contributed by atoms with van der Waals surface area (Å²) < 4.78 is 0. The molecule has 0 spiro atoms. The van der Waals surface area contributed by atoms with Crippen LogP contribution in [0.1, 0.15) is 17.8 Å². The van der Waals surface area contributed by atoms with Crippen LogP contribution in [0, 0.1) is 0 Å². The summed E-state index contributed by atoms with van der Waals surface area (Å²) >= 11 is 0. The Morgan fingerprint density at radius 3 is 2.86 bits per heavy atom. The van der Waals surface area contributed by atoms with Gasteiger partial charge in [-0.15, -0.1) is 0 Å². The van der Waals surface area contributed by atoms with Crippen LogP contribution in [0.3, 0.4) is 0 Å². The number of carboxylic acids is 1. The van der Waals surface area contributed by atoms with E-state index in [2.05, 4.69) is 20.3 Å². The van der Waals surface area contributed by atoms with Crippen LogP contribution in [0.4, 0.5) is 0 Å². The van der Waals surface area contributed by atoms with Gasteiger partial charge in [-0.1, -0.05) is 6.07 Å². The van der Waals surface area contributed by atoms with Crippen molar-refractivity contribution in [1.29, 1.82) is 0 Å². The number of hydrogen-bond acceptors (Lipinski definition) is 4. The van der Waals surface area contributed by atoms with Gasteiger partial charge in [0.25, 0.3) is 0 Å². The van der Waals surface area contributed by atoms with Crippen molar-refractivity contribution in [2.75, 3.05) is 0 Å². The molecule has 21 heavy (non-hydrogen) atoms. The summed E-state index contributed by atoms with van der Waals surface area (Å²) in [6.45, 7) is 0. The Bertz CT molecular complexity index is 584. The highest BCUT2D eigenvalue weighted by molar-refractivity contribution is 5.83. The van der Waals surface area contributed by atoms with E-state index in [1.165, 1.54) is 12.5 Å². The number of aromatic amines is 1. The number of nitrogens with one attached hydrogen (secondary N) is 2. The first-order valence-corrected chi connectivity index (χ1v) is 6.54. The lowest BCUT2D eigenvalue weighted by atomic mass is 10.1. The summed E-state index contributed by atoms with van der Waals surface area (Å²) in [6.07, 6.45) is 5.51. The normalized spacial score (nSPS) is 11.8. The van der Waals surface area contributed by atoms with E-state index in [-0.39, 0.29) is 18.7 Å². The summed E-state index contributed by atoms with van der Waals surface area (Å²) in [6, 6.07) is 4.50. The van der Waals surface area contributed by atoms with Crippen molar-refractivity contribution in [3.05, 3.63) is 48.3 Å². The Labute approximate surface area is 121 Å². The van der Waals surface area contributed by atoms with Gasteiger partial charge in [0.05, 0.1) is 6.33 Å². The number of amides is 1. The lowest BCUT2D eigenvalue weighted by Gasteiger charge is -2.13. The Morgan fingerprint density at radius 2 is 2.24 bits per heavy atom. The third kappa shape index (κ3) is 4.72. The molecule has 0 aliphatic rings. The van der Waals surface area contributed by atoms with Crippen LogP contribution < -0.4 is 5.32 Å². The molecule has 0 aromatic carbocycles. The van der Waals surface area contributed by atoms with Crippen molar-refractivity contribution in [2.45, 2.75) is 25.3 Å². The Kier molecular flexibility index (Phi) is 5.03. The summed E-state index contributed by atoms with van der Waals surface area (Å²) in [5.41, 5.74) is 1.46. The molecular formula is C14H16N4O3. The van der Waals surface area contributed by atoms with Gasteiger partial charge in [-0.05, 0) is 18.6 Å². The summed E-state index contributed by atoms with van der Waals surface area (Å²) in [5, 5.41) is 11.7. The number of aryl methyl sites for hydroxylation is 1. The Morgan fingerprint density at radius 1 is 1.38 bits per heavy atom. The topological polar surface area (TPSA) is 108 Å². The van der Waals surface area contributed by atoms with Crippen molar-refractivity contribution >= 4 is 11.9 Å². The number of hydrogen-bond donors (Lipinski definition) is 3. The van der Waals surface area contributed by atoms with Gasteiger partial charge >= 0.3 is 5.97 Å². The van der Waals surface area contributed by atoms with E-state index in [4.69, 9.17) is 5.11 Å². The number of carbonyl (C=O) groups excluding carboxylic acids is 1. The van der Waals surface area contributed by atoms with Crippen LogP contribution in [0.2, 0.25) is 0 Å². The minimum atomic E-state index is -1.07. The van der Waals surface area contributed by atoms with Crippen molar-refractivity contribution in [2.24, 2.45) is 0 Å². The number of H-pyrrole nitrogens is 1. The molecule has 1 unspecified atom stereocenters. The minimum Gasteiger partial charge on any atom is -0.480 e. The van der Waals surface area contributed by atoms with E-state index in [9.17, 15) is 9.59 Å². The van der Waals surface area contributed by atoms with Crippen LogP contribution >= 0.6 is 0 Å². The van der Waals surface area contributed by atoms with E-state index in [1.807, 2.05) is 12.1 Å². The molecule has 0 aliphatic carbocycles. The number of aromatic nitrogens is 3. The largest absolute Gasteiger partial charge is 0.480 e. The molecule has 3 N–H and O–H groups in total. The second-order valence-corrected chi connectivity index (χ2v) is 4.56. The molecule has 7 nitrogen and oxygen atoms in total. The van der Waals surface area contributed by atoms with E-state index in [0.717, 1.165) is 5.69 Å². The fourth-order valence-electron chi connectivity index (χ4n) is 1.87. The van der Waals surface area contributed by atoms with Crippen LogP contribution in [0.15, 0.2) is 36.9 Å². The SMILES string of the molecule is O=C(CCc1ccccn1)NC(Cc1cnc[nH]1)C(=O)O. The van der Waals surface area contributed by atoms with Crippen molar-refractivity contribution < 1.29 is 14.7 Å². The van der Waals surface area contributed by atoms with Gasteiger partial charge in [0.15, 0.2) is 0 Å². The van der Waals surface area contributed by atoms with Gasteiger partial charge in [-0.2, -0.15) is 0 Å². The summed E-state index contributed by atoms with van der Waals surface area (Å²) in [4.78, 5) is 33.8. The van der Waals surface area contributed by atoms with Crippen molar-refractivity contribution in [3.8, 4) is 0 Å². The fraction of sp³-hybridized carbons (Fsp3) is 0.286. The average molecular weight is 288 g/mol. The third-order valence-electron chi connectivity index (χ3n) is 2.95. The zero-order valence-electron chi connectivity index (χ0n) is 11.3. The van der Waals surface area contributed by atoms with E-state index in [0.29, 0.717) is 12.1 Å². The van der Waals surface area contributed by atoms with E-state index >= 15 is 0 Å². The number of carbonyl (C=O) groups is 2. The number of carboxylic acid groups (broad SMARTS) is 1. The standard InChI is InChI=1S/C14H16N4O3/c19-13(5-4-10-3-1-2-6-16-10)18-12(14(20)21)7-11-8-15-9-17-11/h1-3,6,8-9,12H,4-5,7H2,(H,15,17)(H,18,19)(H,20,21). The molecule has 0 radical (unpaired) electrons. The number of nitrogens with zero attached hydrogens (tertiary/aromatic N) is 2. The lowest BCUT2D eigenvalue weighted by molar-refractivity contribution is -0.141. The maximum atomic E-state index is 11.8. The molecule has 2 aromatic rings. The van der Waals surface area contributed by atoms with Gasteiger partial charge in [0, 0.05) is 36.6 Å². The Hall–Kier alpha value is -2.70. The zero-order chi connectivity index (χ0) is 15.1. The molecule has 0 bridgehead atoms. The zero-order valence-corrected chi connectivity index (χ0v) is 11.3. The van der Waals surface area contributed by atoms with Crippen molar-refractivity contribution in [1.82, 2.24) is 20.3 Å². The van der Waals surface area contributed by atoms with Gasteiger partial charge in [0.1, 0.15) is 6.04 Å². The molecule has 110 valence electrons. The molecule has 2 aromatic heterocycles. The number of imidazole rings is 1. The maximum absolute atomic E-state index is 11.8. The predicted molar refractivity (Wildman–Crippen MR) is 74.4 cm³/mol. The molecule has 2 rings (SSSR count). The molecule has 0 fully saturated rings. The highest BCUT2D eigenvalue weighted by Gasteiger charge is 2.20. The molecule has 0 saturated carbocycles. The molecular weight excluding hydrogens is 272 g/mol. The van der Waals surface area contributed by atoms with Gasteiger partial charge in [-0.3, -0.25) is 9.78 Å². The van der Waals surface area contributed by atoms with Crippen LogP contribution in [0.25, 0.3) is 0 Å². The number of aliphatic carboxylic acids is 1. The van der Waals surface area contributed by atoms with Gasteiger partial charge in [-0.25, -0.2) is 9.78 Å². The second-order valence-electron chi connectivity index (χ2n) is 4.56. The first-order chi connectivity index (χ1) is 10.1. The van der Waals surface area contributed by atoms with E-state index < -0.39 is 12.0 Å². The smallest absolute Gasteiger partial charge is 0.326 e. The highest BCUT2D eigenvalue weighted by Crippen LogP contribution is 2.02. The second kappa shape index (κ2) is 7.18. The summed E-state index contributed by atoms with van der Waals surface area (Å²) in [7, 11) is 0.